The van der Waals surface area contributed by atoms with E-state index < -0.39 is 264 Å². The zero-order valence-electron chi connectivity index (χ0n) is 85.0. The minimum Gasteiger partial charge on any atom is -0.481 e. The van der Waals surface area contributed by atoms with Crippen LogP contribution in [0.4, 0.5) is 0 Å². The lowest BCUT2D eigenvalue weighted by Gasteiger charge is -2.31. The van der Waals surface area contributed by atoms with Crippen LogP contribution < -0.4 is 142 Å². The Morgan fingerprint density at radius 2 is 0.618 bits per heavy atom. The Morgan fingerprint density at radius 3 is 0.958 bits per heavy atom. The number of carbonyl (C=O) groups is 19. The molecular weight excluding hydrogens is 1870 g/mol. The summed E-state index contributed by atoms with van der Waals surface area (Å²) in [4.78, 5) is 269. The fraction of sp³-hybridized carbons (Fsp3) is 0.642. The Balaban J connectivity index is 2.70. The van der Waals surface area contributed by atoms with Crippen molar-refractivity contribution in [2.75, 3.05) is 32.7 Å². The summed E-state index contributed by atoms with van der Waals surface area (Å²) in [7, 11) is 0. The van der Waals surface area contributed by atoms with E-state index in [1.54, 1.807) is 144 Å². The summed E-state index contributed by atoms with van der Waals surface area (Å²) in [5, 5.41) is 80.5. The van der Waals surface area contributed by atoms with Gasteiger partial charge in [0.05, 0.1) is 24.9 Å². The highest BCUT2D eigenvalue weighted by Crippen LogP contribution is 2.19. The molecule has 0 aliphatic rings. The summed E-state index contributed by atoms with van der Waals surface area (Å²) in [6, 6.07) is -7.04. The number of rotatable bonds is 72. The average Bonchev–Trinajstić information content (AvgIpc) is 0.828. The molecule has 0 saturated carbocycles. The van der Waals surface area contributed by atoms with Crippen LogP contribution in [-0.4, -0.2) is 265 Å². The first-order chi connectivity index (χ1) is 67.9. The summed E-state index contributed by atoms with van der Waals surface area (Å²) < 4.78 is 0. The molecule has 0 heterocycles. The molecule has 0 radical (unpaired) electrons. The minimum atomic E-state index is -2.04. The van der Waals surface area contributed by atoms with E-state index in [1.165, 1.54) is 0 Å². The maximum atomic E-state index is 15.0. The first-order valence-electron chi connectivity index (χ1n) is 49.2. The Bertz CT molecular complexity index is 4530. The van der Waals surface area contributed by atoms with E-state index in [9.17, 15) is 86.6 Å². The Morgan fingerprint density at radius 1 is 0.326 bits per heavy atom. The summed E-state index contributed by atoms with van der Waals surface area (Å²) in [5.41, 5.74) is 47.1. The van der Waals surface area contributed by atoms with Crippen molar-refractivity contribution >= 4 is 131 Å². The fourth-order valence-corrected chi connectivity index (χ4v) is 15.0. The molecule has 17 amide bonds. The number of primary amides is 2. The van der Waals surface area contributed by atoms with Gasteiger partial charge in [0.2, 0.25) is 100 Å². The van der Waals surface area contributed by atoms with Gasteiger partial charge >= 0.3 is 5.97 Å². The molecule has 0 aliphatic carbocycles. The van der Waals surface area contributed by atoms with Crippen LogP contribution in [0.15, 0.2) is 60.7 Å². The van der Waals surface area contributed by atoms with Crippen LogP contribution in [-0.2, 0) is 104 Å². The maximum absolute atomic E-state index is 15.0. The number of benzene rings is 2. The second-order valence-corrected chi connectivity index (χ2v) is 37.6. The molecule has 0 aliphatic heterocycles. The lowest BCUT2D eigenvalue weighted by Crippen LogP contribution is -2.62. The third-order valence-corrected chi connectivity index (χ3v) is 23.6. The summed E-state index contributed by atoms with van der Waals surface area (Å²) in [6.45, 7) is 20.3. The number of guanidine groups is 3. The molecule has 0 spiro atoms. The van der Waals surface area contributed by atoms with Gasteiger partial charge in [0.25, 0.3) is 0 Å². The second-order valence-electron chi connectivity index (χ2n) is 37.6. The van der Waals surface area contributed by atoms with Gasteiger partial charge in [-0.05, 0) is 162 Å². The van der Waals surface area contributed by atoms with E-state index in [1.807, 2.05) is 0 Å². The maximum Gasteiger partial charge on any atom is 0.305 e. The monoisotopic (exact) mass is 2030 g/mol. The van der Waals surface area contributed by atoms with Crippen LogP contribution in [0.3, 0.4) is 0 Å². The highest BCUT2D eigenvalue weighted by Gasteiger charge is 2.42. The molecule has 38 N–H and O–H groups in total. The number of carbonyl (C=O) groups excluding carboxylic acids is 18. The van der Waals surface area contributed by atoms with Gasteiger partial charge in [-0.15, -0.1) is 0 Å². The van der Waals surface area contributed by atoms with Crippen molar-refractivity contribution in [2.45, 2.75) is 321 Å². The number of unbranched alkanes of at least 4 members (excludes halogenated alkanes) is 2. The quantitative estimate of drug-likeness (QED) is 0.0128. The normalized spacial score (nSPS) is 14.9. The molecule has 0 bridgehead atoms. The van der Waals surface area contributed by atoms with Gasteiger partial charge < -0.3 is 151 Å². The minimum absolute atomic E-state index is 0.0154. The molecule has 2 rings (SSSR count). The predicted molar refractivity (Wildman–Crippen MR) is 539 cm³/mol. The van der Waals surface area contributed by atoms with Crippen LogP contribution in [0.5, 0.6) is 0 Å². The molecule has 18 atom stereocenters. The van der Waals surface area contributed by atoms with Gasteiger partial charge in [0, 0.05) is 32.5 Å². The van der Waals surface area contributed by atoms with E-state index in [4.69, 9.17) is 62.1 Å². The van der Waals surface area contributed by atoms with Crippen LogP contribution in [0.2, 0.25) is 0 Å². The number of carboxylic acid groups (broad SMARTS) is 1. The van der Waals surface area contributed by atoms with Gasteiger partial charge in [-0.1, -0.05) is 157 Å². The van der Waals surface area contributed by atoms with Gasteiger partial charge in [0.15, 0.2) is 17.9 Å². The number of nitrogens with one attached hydrogen (secondary N) is 21. The molecule has 144 heavy (non-hydrogen) atoms. The highest BCUT2D eigenvalue weighted by molar-refractivity contribution is 6.02. The molecule has 806 valence electrons. The molecule has 49 nitrogen and oxygen atoms in total. The standard InChI is InChI=1S/C95H161N29O20/c1-13-55(11)76(123-83(135)64(36-27-43-109-95(105)106)112-82(134)65(37-38-72(99)126)115-90(142)75(54(9)10)122-92(144)77(56(12)14-2)124-84(136)63(35-26-42-108-94(103)104)111-79(131)60(32-21-23-39-96)110-78(130)59(98)46-57-28-17-15-18-29-57)91(143)114-61(33-22-24-40-97)80(132)120-70(49-74(128)129)89(141)118-68(47-58-30-19-16-20-31-58)87(139)116-66(44-51(3)4)85(137)113-62(34-25-41-107-93(101)102)81(133)119-69(48-73(100)127)88(140)117-67(45-52(5)6)86(138)121-71(50-125)53(7)8/h15-20,28-31,50-56,59-71,75-77H,13-14,21-27,32-49,96-98H2,1-12H3,(H2,99,126)(H2,100,127)(H,110,130)(H,111,131)(H,112,134)(H,113,137)(H,114,143)(H,115,142)(H,116,139)(H,117,140)(H,118,141)(H,119,133)(H,120,132)(H,121,138)(H,122,144)(H,123,135)(H,124,136)(H,128,129)(H4,101,102,107)(H4,103,104,108)(H4,105,106,109)/t55-,56-,59-,60-,61-,62-,63-,64-,65-,66-,67-,68-,69-,70-,71+,75-,76-,77-/m0/s1. The summed E-state index contributed by atoms with van der Waals surface area (Å²) in [5.74, 6) is -22.7. The van der Waals surface area contributed by atoms with Crippen molar-refractivity contribution in [3.8, 4) is 0 Å². The smallest absolute Gasteiger partial charge is 0.305 e. The van der Waals surface area contributed by atoms with Gasteiger partial charge in [-0.2, -0.15) is 0 Å². The third-order valence-electron chi connectivity index (χ3n) is 23.6. The first-order valence-corrected chi connectivity index (χ1v) is 49.2. The summed E-state index contributed by atoms with van der Waals surface area (Å²) >= 11 is 0. The fourth-order valence-electron chi connectivity index (χ4n) is 15.0. The molecule has 2 aromatic carbocycles. The van der Waals surface area contributed by atoms with Crippen molar-refractivity contribution in [3.63, 3.8) is 0 Å². The zero-order chi connectivity index (χ0) is 109. The van der Waals surface area contributed by atoms with E-state index in [2.05, 4.69) is 95.7 Å². The van der Waals surface area contributed by atoms with Gasteiger partial charge in [0.1, 0.15) is 90.9 Å². The number of hydrogen-bond acceptors (Lipinski definition) is 25. The van der Waals surface area contributed by atoms with Crippen molar-refractivity contribution in [3.05, 3.63) is 71.8 Å². The highest BCUT2D eigenvalue weighted by atomic mass is 16.4. The average molecular weight is 2030 g/mol. The van der Waals surface area contributed by atoms with Crippen LogP contribution in [0, 0.1) is 51.7 Å². The third kappa shape index (κ3) is 49.8. The number of hydrogen-bond donors (Lipinski definition) is 30. The topological polar surface area (TPSA) is 841 Å². The van der Waals surface area contributed by atoms with Crippen LogP contribution >= 0.6 is 0 Å². The molecular formula is C95H161N29O20. The number of carboxylic acids is 1. The Kier molecular flexibility index (Phi) is 59.4. The SMILES string of the molecule is CC[C@H](C)[C@H](NC(=O)[C@H](CCCNC(=N)N)NC(=O)[C@H](CCC(N)=O)NC(=O)[C@@H](NC(=O)[C@@H](NC(=O)[C@H](CCCNC(=N)N)NC(=O)[C@H](CCCCN)NC(=O)[C@@H](N)Cc1ccccc1)[C@@H](C)CC)C(C)C)C(=O)N[C@@H](CCCCN)C(=O)N[C@@H](CC(=O)O)C(=O)N[C@@H](Cc1ccccc1)C(=O)N[C@@H](CC(C)C)C(=O)N[C@@H](CCCNC(=N)N)C(=O)N[C@@H](CC(N)=O)C(=O)N[C@@H](CC(C)C)C(=O)N[C@H](C=O)C(C)C. The molecule has 49 heteroatoms. The van der Waals surface area contributed by atoms with Gasteiger partial charge in [-0.3, -0.25) is 103 Å². The van der Waals surface area contributed by atoms with Crippen molar-refractivity contribution < 1.29 is 96.2 Å². The van der Waals surface area contributed by atoms with E-state index in [-0.39, 0.29) is 153 Å². The summed E-state index contributed by atoms with van der Waals surface area (Å²) in [6.07, 6.45) is -1.73. The second kappa shape index (κ2) is 67.7. The lowest BCUT2D eigenvalue weighted by atomic mass is 9.95. The molecule has 0 saturated heterocycles. The predicted octanol–water partition coefficient (Wildman–Crippen LogP) is -4.57. The Hall–Kier alpha value is -13.7. The zero-order valence-corrected chi connectivity index (χ0v) is 85.0. The Labute approximate surface area is 841 Å². The lowest BCUT2D eigenvalue weighted by molar-refractivity contribution is -0.141. The van der Waals surface area contributed by atoms with Crippen LogP contribution in [0.1, 0.15) is 223 Å². The molecule has 2 aromatic rings. The largest absolute Gasteiger partial charge is 0.481 e. The van der Waals surface area contributed by atoms with Crippen LogP contribution in [0.25, 0.3) is 0 Å². The van der Waals surface area contributed by atoms with Crippen molar-refractivity contribution in [1.29, 1.82) is 16.2 Å². The number of amides is 17. The van der Waals surface area contributed by atoms with E-state index in [0.29, 0.717) is 24.7 Å². The molecule has 0 aromatic heterocycles. The number of aldehydes is 1. The number of nitrogens with two attached hydrogens (primary N) is 8. The molecule has 0 fully saturated rings. The molecule has 0 unspecified atom stereocenters. The number of aliphatic carboxylic acids is 1. The first kappa shape index (κ1) is 126. The van der Waals surface area contributed by atoms with Gasteiger partial charge in [-0.25, -0.2) is 0 Å². The van der Waals surface area contributed by atoms with E-state index >= 15 is 9.59 Å². The van der Waals surface area contributed by atoms with Crippen molar-refractivity contribution in [2.24, 2.45) is 81.4 Å². The van der Waals surface area contributed by atoms with E-state index in [0.717, 1.165) is 5.56 Å². The van der Waals surface area contributed by atoms with Crippen molar-refractivity contribution in [1.82, 2.24) is 95.7 Å².